The minimum Gasteiger partial charge on any atom is -0.478 e. The van der Waals surface area contributed by atoms with Crippen molar-refractivity contribution < 1.29 is 23.4 Å². The van der Waals surface area contributed by atoms with E-state index >= 15 is 0 Å². The summed E-state index contributed by atoms with van der Waals surface area (Å²) in [6, 6.07) is 9.76. The molecular weight excluding hydrogens is 459 g/mol. The van der Waals surface area contributed by atoms with Crippen LogP contribution in [-0.4, -0.2) is 16.1 Å². The summed E-state index contributed by atoms with van der Waals surface area (Å²) in [6.45, 7) is -0.0730. The number of hydrogen-bond donors (Lipinski definition) is 1. The third-order valence-corrected chi connectivity index (χ3v) is 5.68. The number of aromatic nitrogens is 1. The van der Waals surface area contributed by atoms with Crippen LogP contribution in [0.25, 0.3) is 11.1 Å². The highest BCUT2D eigenvalue weighted by molar-refractivity contribution is 6.31. The second kappa shape index (κ2) is 9.27. The van der Waals surface area contributed by atoms with Crippen LogP contribution >= 0.6 is 23.2 Å². The van der Waals surface area contributed by atoms with Crippen LogP contribution in [0.3, 0.4) is 0 Å². The molecule has 0 saturated heterocycles. The van der Waals surface area contributed by atoms with E-state index in [0.717, 1.165) is 23.6 Å². The Kier molecular flexibility index (Phi) is 6.44. The average Bonchev–Trinajstić information content (AvgIpc) is 3.23. The van der Waals surface area contributed by atoms with Crippen LogP contribution in [0, 0.1) is 11.6 Å². The van der Waals surface area contributed by atoms with E-state index in [0.29, 0.717) is 34.6 Å². The maximum absolute atomic E-state index is 14.1. The van der Waals surface area contributed by atoms with Gasteiger partial charge in [0.2, 0.25) is 5.88 Å². The first-order chi connectivity index (χ1) is 15.3. The monoisotopic (exact) mass is 475 g/mol. The highest BCUT2D eigenvalue weighted by Gasteiger charge is 2.23. The fourth-order valence-corrected chi connectivity index (χ4v) is 4.11. The van der Waals surface area contributed by atoms with Gasteiger partial charge in [-0.25, -0.2) is 18.6 Å². The number of benzene rings is 2. The number of allylic oxidation sites excluding steroid dienone is 2. The van der Waals surface area contributed by atoms with Gasteiger partial charge in [0.25, 0.3) is 0 Å². The molecule has 8 heteroatoms. The second-order valence-corrected chi connectivity index (χ2v) is 8.25. The smallest absolute Gasteiger partial charge is 0.335 e. The number of aromatic carboxylic acids is 1. The molecule has 164 valence electrons. The fourth-order valence-electron chi connectivity index (χ4n) is 3.79. The molecule has 1 N–H and O–H groups in total. The van der Waals surface area contributed by atoms with E-state index in [-0.39, 0.29) is 23.1 Å². The van der Waals surface area contributed by atoms with Gasteiger partial charge in [0.05, 0.1) is 10.6 Å². The molecule has 1 aliphatic rings. The van der Waals surface area contributed by atoms with E-state index in [1.54, 1.807) is 12.1 Å². The average molecular weight is 476 g/mol. The molecule has 0 saturated carbocycles. The lowest BCUT2D eigenvalue weighted by atomic mass is 9.96. The van der Waals surface area contributed by atoms with Gasteiger partial charge in [0, 0.05) is 22.3 Å². The largest absolute Gasteiger partial charge is 0.478 e. The van der Waals surface area contributed by atoms with E-state index in [9.17, 15) is 18.7 Å². The molecule has 4 nitrogen and oxygen atoms in total. The number of hydrogen-bond acceptors (Lipinski definition) is 3. The summed E-state index contributed by atoms with van der Waals surface area (Å²) >= 11 is 12.0. The molecule has 0 unspecified atom stereocenters. The summed E-state index contributed by atoms with van der Waals surface area (Å²) in [4.78, 5) is 15.6. The lowest BCUT2D eigenvalue weighted by Crippen LogP contribution is -2.03. The van der Waals surface area contributed by atoms with Crippen molar-refractivity contribution in [3.05, 3.63) is 92.6 Å². The maximum Gasteiger partial charge on any atom is 0.335 e. The first-order valence-corrected chi connectivity index (χ1v) is 10.6. The minimum atomic E-state index is -1.20. The predicted molar refractivity (Wildman–Crippen MR) is 119 cm³/mol. The Balaban J connectivity index is 1.74. The Labute approximate surface area is 193 Å². The zero-order valence-electron chi connectivity index (χ0n) is 16.7. The lowest BCUT2D eigenvalue weighted by molar-refractivity contribution is 0.0696. The summed E-state index contributed by atoms with van der Waals surface area (Å²) in [6.07, 6.45) is 3.51. The molecule has 1 heterocycles. The van der Waals surface area contributed by atoms with Gasteiger partial charge in [-0.15, -0.1) is 0 Å². The molecule has 4 rings (SSSR count). The van der Waals surface area contributed by atoms with E-state index in [1.807, 2.05) is 0 Å². The number of rotatable bonds is 6. The highest BCUT2D eigenvalue weighted by atomic mass is 35.5. The van der Waals surface area contributed by atoms with Crippen LogP contribution in [0.4, 0.5) is 8.78 Å². The van der Waals surface area contributed by atoms with Crippen LogP contribution in [0.2, 0.25) is 10.0 Å². The van der Waals surface area contributed by atoms with Crippen molar-refractivity contribution in [1.29, 1.82) is 0 Å². The number of nitrogens with zero attached hydrogens (tertiary/aromatic N) is 1. The maximum atomic E-state index is 14.1. The summed E-state index contributed by atoms with van der Waals surface area (Å²) in [5, 5.41) is 9.96. The number of ether oxygens (including phenoxy) is 1. The Morgan fingerprint density at radius 2 is 1.81 bits per heavy atom. The van der Waals surface area contributed by atoms with E-state index in [2.05, 4.69) is 4.98 Å². The van der Waals surface area contributed by atoms with Gasteiger partial charge in [-0.1, -0.05) is 29.3 Å². The standard InChI is InChI=1S/C24H17Cl2F2NO3/c25-16-5-4-13(22(28)10-16)12-32-23-21(9-17(26)11-29-23)20-3-1-2-19(20)14-6-15(24(30)31)8-18(27)7-14/h4-11H,1-3,12H2,(H,30,31). The molecule has 32 heavy (non-hydrogen) atoms. The Bertz CT molecular complexity index is 1240. The lowest BCUT2D eigenvalue weighted by Gasteiger charge is -2.15. The molecule has 3 aromatic rings. The van der Waals surface area contributed by atoms with Gasteiger partial charge in [-0.3, -0.25) is 0 Å². The van der Waals surface area contributed by atoms with Crippen molar-refractivity contribution in [3.8, 4) is 5.88 Å². The number of pyridine rings is 1. The molecule has 0 aliphatic heterocycles. The Morgan fingerprint density at radius 1 is 1.03 bits per heavy atom. The molecule has 0 atom stereocenters. The first-order valence-electron chi connectivity index (χ1n) is 9.81. The first kappa shape index (κ1) is 22.2. The van der Waals surface area contributed by atoms with Crippen molar-refractivity contribution >= 4 is 40.3 Å². The van der Waals surface area contributed by atoms with E-state index in [1.165, 1.54) is 30.5 Å². The van der Waals surface area contributed by atoms with Gasteiger partial charge in [0.1, 0.15) is 18.2 Å². The minimum absolute atomic E-state index is 0.0730. The molecule has 0 spiro atoms. The van der Waals surface area contributed by atoms with Gasteiger partial charge in [-0.2, -0.15) is 0 Å². The van der Waals surface area contributed by atoms with Gasteiger partial charge in [0.15, 0.2) is 0 Å². The van der Waals surface area contributed by atoms with Crippen LogP contribution < -0.4 is 4.74 Å². The summed E-state index contributed by atoms with van der Waals surface area (Å²) in [5.74, 6) is -2.07. The summed E-state index contributed by atoms with van der Waals surface area (Å²) < 4.78 is 34.1. The number of carboxylic acids is 1. The fraction of sp³-hybridized carbons (Fsp3) is 0.167. The van der Waals surface area contributed by atoms with Gasteiger partial charge < -0.3 is 9.84 Å². The van der Waals surface area contributed by atoms with Crippen molar-refractivity contribution in [3.63, 3.8) is 0 Å². The number of halogens is 4. The van der Waals surface area contributed by atoms with Crippen LogP contribution in [-0.2, 0) is 6.61 Å². The zero-order valence-corrected chi connectivity index (χ0v) is 18.2. The van der Waals surface area contributed by atoms with Crippen LogP contribution in [0.15, 0.2) is 48.7 Å². The molecule has 0 bridgehead atoms. The number of carbonyl (C=O) groups is 1. The molecule has 1 aliphatic carbocycles. The number of carboxylic acid groups (broad SMARTS) is 1. The Morgan fingerprint density at radius 3 is 2.56 bits per heavy atom. The third kappa shape index (κ3) is 4.76. The van der Waals surface area contributed by atoms with Crippen LogP contribution in [0.1, 0.15) is 46.3 Å². The van der Waals surface area contributed by atoms with Crippen LogP contribution in [0.5, 0.6) is 5.88 Å². The molecule has 2 aromatic carbocycles. The summed E-state index contributed by atoms with van der Waals surface area (Å²) in [7, 11) is 0. The van der Waals surface area contributed by atoms with Crippen molar-refractivity contribution in [2.45, 2.75) is 25.9 Å². The third-order valence-electron chi connectivity index (χ3n) is 5.23. The molecule has 0 fully saturated rings. The van der Waals surface area contributed by atoms with E-state index < -0.39 is 17.6 Å². The normalized spacial score (nSPS) is 13.5. The van der Waals surface area contributed by atoms with E-state index in [4.69, 9.17) is 27.9 Å². The summed E-state index contributed by atoms with van der Waals surface area (Å²) in [5.41, 5.74) is 2.93. The SMILES string of the molecule is O=C(O)c1cc(F)cc(C2=C(c3cc(Cl)cnc3OCc3ccc(Cl)cc3F)CCC2)c1. The van der Waals surface area contributed by atoms with Crippen molar-refractivity contribution in [2.75, 3.05) is 0 Å². The quantitative estimate of drug-likeness (QED) is 0.415. The van der Waals surface area contributed by atoms with Crippen molar-refractivity contribution in [1.82, 2.24) is 4.98 Å². The molecule has 0 amide bonds. The van der Waals surface area contributed by atoms with Gasteiger partial charge in [-0.05, 0) is 72.4 Å². The van der Waals surface area contributed by atoms with Gasteiger partial charge >= 0.3 is 5.97 Å². The zero-order chi connectivity index (χ0) is 22.8. The predicted octanol–water partition coefficient (Wildman–Crippen LogP) is 7.04. The van der Waals surface area contributed by atoms with Crippen molar-refractivity contribution in [2.24, 2.45) is 0 Å². The molecular formula is C24H17Cl2F2NO3. The Hall–Kier alpha value is -2.96. The molecule has 1 aromatic heterocycles. The highest BCUT2D eigenvalue weighted by Crippen LogP contribution is 2.43. The topological polar surface area (TPSA) is 59.4 Å². The molecule has 0 radical (unpaired) electrons. The second-order valence-electron chi connectivity index (χ2n) is 7.38.